The molecule has 3 aromatic carbocycles. The van der Waals surface area contributed by atoms with E-state index in [0.717, 1.165) is 17.1 Å². The zero-order valence-corrected chi connectivity index (χ0v) is 13.8. The molecule has 0 N–H and O–H groups in total. The molecule has 1 aliphatic rings. The lowest BCUT2D eigenvalue weighted by Gasteiger charge is -2.10. The maximum atomic E-state index is 12.9. The number of hydrogen-bond donors (Lipinski definition) is 0. The number of oxime groups is 1. The highest BCUT2D eigenvalue weighted by atomic mass is 19.1. The van der Waals surface area contributed by atoms with Gasteiger partial charge in [-0.1, -0.05) is 35.5 Å². The van der Waals surface area contributed by atoms with E-state index >= 15 is 0 Å². The number of para-hydroxylation sites is 1. The molecule has 0 aliphatic carbocycles. The Bertz CT molecular complexity index is 893. The molecule has 0 saturated carbocycles. The fourth-order valence-electron chi connectivity index (χ4n) is 2.61. The molecule has 0 spiro atoms. The van der Waals surface area contributed by atoms with Crippen LogP contribution in [-0.4, -0.2) is 5.90 Å². The van der Waals surface area contributed by atoms with Gasteiger partial charge in [0.2, 0.25) is 5.90 Å². The van der Waals surface area contributed by atoms with E-state index in [1.165, 1.54) is 12.1 Å². The molecule has 1 aliphatic heterocycles. The third-order valence-electron chi connectivity index (χ3n) is 3.92. The summed E-state index contributed by atoms with van der Waals surface area (Å²) in [5.41, 5.74) is 0.979. The first-order valence-electron chi connectivity index (χ1n) is 8.25. The summed E-state index contributed by atoms with van der Waals surface area (Å²) < 4.78 is 24.3. The SMILES string of the molecule is Fc1ccc(OC2=NO[C@H](c3ccc(Oc4ccccc4)cc3)C2)cc1. The second-order valence-corrected chi connectivity index (χ2v) is 5.82. The maximum absolute atomic E-state index is 12.9. The molecule has 0 aromatic heterocycles. The van der Waals surface area contributed by atoms with Crippen LogP contribution in [0.5, 0.6) is 17.2 Å². The minimum Gasteiger partial charge on any atom is -0.457 e. The summed E-state index contributed by atoms with van der Waals surface area (Å²) in [4.78, 5) is 5.45. The molecule has 0 amide bonds. The number of benzene rings is 3. The number of halogens is 1. The summed E-state index contributed by atoms with van der Waals surface area (Å²) in [5.74, 6) is 2.22. The van der Waals surface area contributed by atoms with Crippen molar-refractivity contribution < 1.29 is 18.7 Å². The first kappa shape index (κ1) is 16.1. The van der Waals surface area contributed by atoms with Crippen LogP contribution < -0.4 is 9.47 Å². The average Bonchev–Trinajstić information content (AvgIpc) is 3.14. The fraction of sp³-hybridized carbons (Fsp3) is 0.0952. The molecule has 4 nitrogen and oxygen atoms in total. The zero-order valence-electron chi connectivity index (χ0n) is 13.8. The van der Waals surface area contributed by atoms with Crippen molar-refractivity contribution in [1.82, 2.24) is 0 Å². The molecule has 0 fully saturated rings. The van der Waals surface area contributed by atoms with Gasteiger partial charge in [-0.25, -0.2) is 4.39 Å². The zero-order chi connectivity index (χ0) is 17.8. The van der Waals surface area contributed by atoms with E-state index in [2.05, 4.69) is 5.16 Å². The van der Waals surface area contributed by atoms with Crippen LogP contribution in [0.4, 0.5) is 4.39 Å². The lowest BCUT2D eigenvalue weighted by Crippen LogP contribution is -2.07. The van der Waals surface area contributed by atoms with E-state index in [4.69, 9.17) is 14.3 Å². The van der Waals surface area contributed by atoms with Crippen LogP contribution in [0, 0.1) is 5.82 Å². The van der Waals surface area contributed by atoms with Gasteiger partial charge in [0.05, 0.1) is 6.42 Å². The van der Waals surface area contributed by atoms with Crippen molar-refractivity contribution in [2.24, 2.45) is 5.16 Å². The van der Waals surface area contributed by atoms with Gasteiger partial charge in [-0.2, -0.15) is 0 Å². The molecule has 26 heavy (non-hydrogen) atoms. The van der Waals surface area contributed by atoms with Crippen LogP contribution >= 0.6 is 0 Å². The minimum absolute atomic E-state index is 0.212. The summed E-state index contributed by atoms with van der Waals surface area (Å²) in [6.07, 6.45) is 0.298. The molecule has 0 unspecified atom stereocenters. The van der Waals surface area contributed by atoms with E-state index < -0.39 is 0 Å². The van der Waals surface area contributed by atoms with E-state index in [-0.39, 0.29) is 11.9 Å². The van der Waals surface area contributed by atoms with Crippen molar-refractivity contribution in [2.75, 3.05) is 0 Å². The Morgan fingerprint density at radius 2 is 1.38 bits per heavy atom. The van der Waals surface area contributed by atoms with Crippen molar-refractivity contribution in [1.29, 1.82) is 0 Å². The topological polar surface area (TPSA) is 40.0 Å². The van der Waals surface area contributed by atoms with Gasteiger partial charge in [-0.3, -0.25) is 0 Å². The van der Waals surface area contributed by atoms with Crippen molar-refractivity contribution in [3.8, 4) is 17.2 Å². The first-order valence-corrected chi connectivity index (χ1v) is 8.25. The van der Waals surface area contributed by atoms with Gasteiger partial charge in [0.1, 0.15) is 23.1 Å². The molecular formula is C21H16FNO3. The molecule has 0 radical (unpaired) electrons. The van der Waals surface area contributed by atoms with E-state index in [9.17, 15) is 4.39 Å². The second-order valence-electron chi connectivity index (χ2n) is 5.82. The standard InChI is InChI=1S/C21H16FNO3/c22-16-8-12-19(13-9-16)25-21-14-20(26-23-21)15-6-10-18(11-7-15)24-17-4-2-1-3-5-17/h1-13,20H,14H2/t20-/m0/s1. The first-order chi connectivity index (χ1) is 12.8. The van der Waals surface area contributed by atoms with Crippen molar-refractivity contribution in [3.63, 3.8) is 0 Å². The molecule has 4 rings (SSSR count). The Kier molecular flexibility index (Phi) is 4.51. The van der Waals surface area contributed by atoms with E-state index in [1.54, 1.807) is 12.1 Å². The molecule has 3 aromatic rings. The highest BCUT2D eigenvalue weighted by Gasteiger charge is 2.24. The predicted octanol–water partition coefficient (Wildman–Crippen LogP) is 5.47. The normalized spacial score (nSPS) is 15.9. The fourth-order valence-corrected chi connectivity index (χ4v) is 2.61. The summed E-state index contributed by atoms with van der Waals surface area (Å²) in [6.45, 7) is 0. The summed E-state index contributed by atoms with van der Waals surface area (Å²) in [5, 5.41) is 3.97. The number of ether oxygens (including phenoxy) is 2. The van der Waals surface area contributed by atoms with Gasteiger partial charge in [-0.05, 0) is 54.1 Å². The maximum Gasteiger partial charge on any atom is 0.235 e. The highest BCUT2D eigenvalue weighted by molar-refractivity contribution is 5.79. The van der Waals surface area contributed by atoms with E-state index in [0.29, 0.717) is 18.1 Å². The highest BCUT2D eigenvalue weighted by Crippen LogP contribution is 2.30. The second kappa shape index (κ2) is 7.27. The number of rotatable bonds is 4. The molecule has 1 heterocycles. The average molecular weight is 349 g/mol. The van der Waals surface area contributed by atoms with Crippen LogP contribution in [0.15, 0.2) is 84.0 Å². The predicted molar refractivity (Wildman–Crippen MR) is 95.9 cm³/mol. The molecule has 0 saturated heterocycles. The molecule has 5 heteroatoms. The third-order valence-corrected chi connectivity index (χ3v) is 3.92. The lowest BCUT2D eigenvalue weighted by atomic mass is 10.1. The summed E-state index contributed by atoms with van der Waals surface area (Å²) >= 11 is 0. The Morgan fingerprint density at radius 1 is 0.769 bits per heavy atom. The van der Waals surface area contributed by atoms with Crippen LogP contribution in [0.3, 0.4) is 0 Å². The molecular weight excluding hydrogens is 333 g/mol. The lowest BCUT2D eigenvalue weighted by molar-refractivity contribution is 0.0855. The van der Waals surface area contributed by atoms with Gasteiger partial charge >= 0.3 is 0 Å². The van der Waals surface area contributed by atoms with Crippen LogP contribution in [0.25, 0.3) is 0 Å². The summed E-state index contributed by atoms with van der Waals surface area (Å²) in [6, 6.07) is 23.1. The molecule has 1 atom stereocenters. The van der Waals surface area contributed by atoms with Gasteiger partial charge in [0.15, 0.2) is 6.10 Å². The van der Waals surface area contributed by atoms with Crippen molar-refractivity contribution in [3.05, 3.63) is 90.2 Å². The Balaban J connectivity index is 1.36. The smallest absolute Gasteiger partial charge is 0.235 e. The van der Waals surface area contributed by atoms with Gasteiger partial charge in [0, 0.05) is 0 Å². The summed E-state index contributed by atoms with van der Waals surface area (Å²) in [7, 11) is 0. The van der Waals surface area contributed by atoms with Crippen LogP contribution in [0.1, 0.15) is 18.1 Å². The Morgan fingerprint density at radius 3 is 2.12 bits per heavy atom. The van der Waals surface area contributed by atoms with E-state index in [1.807, 2.05) is 54.6 Å². The Hall–Kier alpha value is -3.34. The third kappa shape index (κ3) is 3.83. The van der Waals surface area contributed by atoms with Crippen LogP contribution in [0.2, 0.25) is 0 Å². The minimum atomic E-state index is -0.308. The van der Waals surface area contributed by atoms with Gasteiger partial charge < -0.3 is 14.3 Å². The van der Waals surface area contributed by atoms with Gasteiger partial charge in [-0.15, -0.1) is 0 Å². The monoisotopic (exact) mass is 349 g/mol. The quantitative estimate of drug-likeness (QED) is 0.627. The largest absolute Gasteiger partial charge is 0.457 e. The van der Waals surface area contributed by atoms with Crippen molar-refractivity contribution in [2.45, 2.75) is 12.5 Å². The molecule has 130 valence electrons. The number of nitrogens with zero attached hydrogens (tertiary/aromatic N) is 1. The Labute approximate surface area is 150 Å². The molecule has 0 bridgehead atoms. The number of hydrogen-bond acceptors (Lipinski definition) is 4. The van der Waals surface area contributed by atoms with Crippen molar-refractivity contribution >= 4 is 5.90 Å². The van der Waals surface area contributed by atoms with Crippen LogP contribution in [-0.2, 0) is 4.84 Å². The van der Waals surface area contributed by atoms with Gasteiger partial charge in [0.25, 0.3) is 0 Å².